The van der Waals surface area contributed by atoms with E-state index in [-0.39, 0.29) is 5.75 Å². The first-order valence-electron chi connectivity index (χ1n) is 6.42. The summed E-state index contributed by atoms with van der Waals surface area (Å²) in [5.74, 6) is -0.142. The van der Waals surface area contributed by atoms with Crippen molar-refractivity contribution in [1.82, 2.24) is 0 Å². The van der Waals surface area contributed by atoms with Gasteiger partial charge in [0.2, 0.25) is 10.0 Å². The third kappa shape index (κ3) is 5.15. The van der Waals surface area contributed by atoms with Crippen LogP contribution in [0, 0.1) is 6.92 Å². The van der Waals surface area contributed by atoms with Crippen molar-refractivity contribution in [2.24, 2.45) is 5.14 Å². The minimum Gasteiger partial charge on any atom is -0.381 e. The maximum Gasteiger partial charge on any atom is 0.213 e. The molecule has 3 N–H and O–H groups in total. The standard InChI is InChI=1S/C15H17BrN2O2S/c1-11-2-5-13(15(16)8-11)9-18-14-6-3-12(4-7-14)10-21(17,19)20/h2-8,18H,9-10H2,1H3,(H2,17,19,20). The lowest BCUT2D eigenvalue weighted by atomic mass is 10.1. The van der Waals surface area contributed by atoms with Gasteiger partial charge in [0.05, 0.1) is 5.75 Å². The van der Waals surface area contributed by atoms with Crippen molar-refractivity contribution in [2.75, 3.05) is 5.32 Å². The molecule has 0 unspecified atom stereocenters. The van der Waals surface area contributed by atoms with Gasteiger partial charge in [-0.05, 0) is 41.8 Å². The van der Waals surface area contributed by atoms with Crippen molar-refractivity contribution in [2.45, 2.75) is 19.2 Å². The van der Waals surface area contributed by atoms with Crippen molar-refractivity contribution in [3.05, 3.63) is 63.6 Å². The Labute approximate surface area is 133 Å². The largest absolute Gasteiger partial charge is 0.381 e. The van der Waals surface area contributed by atoms with E-state index in [0.717, 1.165) is 15.7 Å². The Morgan fingerprint density at radius 1 is 1.14 bits per heavy atom. The lowest BCUT2D eigenvalue weighted by Crippen LogP contribution is -2.14. The number of hydrogen-bond donors (Lipinski definition) is 2. The molecule has 2 aromatic rings. The van der Waals surface area contributed by atoms with Crippen LogP contribution in [0.5, 0.6) is 0 Å². The van der Waals surface area contributed by atoms with Gasteiger partial charge in [0.1, 0.15) is 0 Å². The summed E-state index contributed by atoms with van der Waals surface area (Å²) >= 11 is 3.54. The van der Waals surface area contributed by atoms with E-state index >= 15 is 0 Å². The number of anilines is 1. The molecule has 0 spiro atoms. The molecule has 0 aliphatic heterocycles. The summed E-state index contributed by atoms with van der Waals surface area (Å²) in [4.78, 5) is 0. The highest BCUT2D eigenvalue weighted by Crippen LogP contribution is 2.20. The molecule has 0 heterocycles. The second kappa shape index (κ2) is 6.60. The predicted molar refractivity (Wildman–Crippen MR) is 89.5 cm³/mol. The predicted octanol–water partition coefficient (Wildman–Crippen LogP) is 3.16. The zero-order valence-electron chi connectivity index (χ0n) is 11.6. The van der Waals surface area contributed by atoms with Crippen LogP contribution < -0.4 is 10.5 Å². The molecule has 0 fully saturated rings. The van der Waals surface area contributed by atoms with E-state index in [4.69, 9.17) is 5.14 Å². The lowest BCUT2D eigenvalue weighted by molar-refractivity contribution is 0.597. The Balaban J connectivity index is 2.00. The van der Waals surface area contributed by atoms with Crippen LogP contribution >= 0.6 is 15.9 Å². The summed E-state index contributed by atoms with van der Waals surface area (Å²) in [7, 11) is -3.48. The van der Waals surface area contributed by atoms with E-state index in [0.29, 0.717) is 12.1 Å². The topological polar surface area (TPSA) is 72.2 Å². The fraction of sp³-hybridized carbons (Fsp3) is 0.200. The molecule has 0 aliphatic carbocycles. The van der Waals surface area contributed by atoms with Crippen LogP contribution in [0.3, 0.4) is 0 Å². The number of aryl methyl sites for hydroxylation is 1. The first kappa shape index (κ1) is 16.0. The fourth-order valence-electron chi connectivity index (χ4n) is 1.94. The van der Waals surface area contributed by atoms with Gasteiger partial charge in [-0.25, -0.2) is 13.6 Å². The zero-order valence-corrected chi connectivity index (χ0v) is 14.0. The summed E-state index contributed by atoms with van der Waals surface area (Å²) in [5.41, 5.74) is 3.98. The highest BCUT2D eigenvalue weighted by atomic mass is 79.9. The first-order valence-corrected chi connectivity index (χ1v) is 8.93. The molecule has 0 amide bonds. The van der Waals surface area contributed by atoms with Crippen LogP contribution in [-0.2, 0) is 22.3 Å². The van der Waals surface area contributed by atoms with Crippen molar-refractivity contribution in [1.29, 1.82) is 0 Å². The number of primary sulfonamides is 1. The van der Waals surface area contributed by atoms with Crippen molar-refractivity contribution >= 4 is 31.6 Å². The highest BCUT2D eigenvalue weighted by molar-refractivity contribution is 9.10. The van der Waals surface area contributed by atoms with Crippen LogP contribution in [0.25, 0.3) is 0 Å². The van der Waals surface area contributed by atoms with Crippen LogP contribution in [0.1, 0.15) is 16.7 Å². The molecule has 0 saturated carbocycles. The molecule has 21 heavy (non-hydrogen) atoms. The van der Waals surface area contributed by atoms with E-state index < -0.39 is 10.0 Å². The van der Waals surface area contributed by atoms with Gasteiger partial charge in [0, 0.05) is 16.7 Å². The smallest absolute Gasteiger partial charge is 0.213 e. The number of rotatable bonds is 5. The van der Waals surface area contributed by atoms with Crippen LogP contribution in [0.2, 0.25) is 0 Å². The quantitative estimate of drug-likeness (QED) is 0.851. The molecule has 2 aromatic carbocycles. The number of sulfonamides is 1. The molecule has 0 aliphatic rings. The number of benzene rings is 2. The van der Waals surface area contributed by atoms with Gasteiger partial charge < -0.3 is 5.32 Å². The first-order chi connectivity index (χ1) is 9.83. The molecule has 0 bridgehead atoms. The second-order valence-electron chi connectivity index (χ2n) is 4.95. The molecule has 0 radical (unpaired) electrons. The minimum atomic E-state index is -3.48. The molecule has 4 nitrogen and oxygen atoms in total. The van der Waals surface area contributed by atoms with Crippen LogP contribution in [0.15, 0.2) is 46.9 Å². The Hall–Kier alpha value is -1.37. The number of nitrogens with two attached hydrogens (primary N) is 1. The van der Waals surface area contributed by atoms with Gasteiger partial charge in [0.15, 0.2) is 0 Å². The van der Waals surface area contributed by atoms with Gasteiger partial charge in [-0.3, -0.25) is 0 Å². The van der Waals surface area contributed by atoms with Crippen LogP contribution in [0.4, 0.5) is 5.69 Å². The van der Waals surface area contributed by atoms with Crippen LogP contribution in [-0.4, -0.2) is 8.42 Å². The molecule has 0 atom stereocenters. The Morgan fingerprint density at radius 2 is 1.81 bits per heavy atom. The number of hydrogen-bond acceptors (Lipinski definition) is 3. The van der Waals surface area contributed by atoms with E-state index in [9.17, 15) is 8.42 Å². The minimum absolute atomic E-state index is 0.142. The Morgan fingerprint density at radius 3 is 2.38 bits per heavy atom. The number of halogens is 1. The van der Waals surface area contributed by atoms with E-state index in [1.54, 1.807) is 12.1 Å². The third-order valence-electron chi connectivity index (χ3n) is 3.01. The Bertz CT molecular complexity index is 728. The van der Waals surface area contributed by atoms with Gasteiger partial charge in [-0.1, -0.05) is 40.2 Å². The Kier molecular flexibility index (Phi) is 5.03. The van der Waals surface area contributed by atoms with Crippen molar-refractivity contribution in [3.8, 4) is 0 Å². The maximum atomic E-state index is 11.0. The molecule has 6 heteroatoms. The zero-order chi connectivity index (χ0) is 15.5. The van der Waals surface area contributed by atoms with E-state index in [1.165, 1.54) is 5.56 Å². The lowest BCUT2D eigenvalue weighted by Gasteiger charge is -2.09. The number of nitrogens with one attached hydrogen (secondary N) is 1. The summed E-state index contributed by atoms with van der Waals surface area (Å²) in [6, 6.07) is 13.4. The molecular formula is C15H17BrN2O2S. The van der Waals surface area contributed by atoms with Gasteiger partial charge >= 0.3 is 0 Å². The summed E-state index contributed by atoms with van der Waals surface area (Å²) in [6.45, 7) is 2.74. The second-order valence-corrected chi connectivity index (χ2v) is 7.42. The molecule has 0 saturated heterocycles. The summed E-state index contributed by atoms with van der Waals surface area (Å²) < 4.78 is 23.1. The summed E-state index contributed by atoms with van der Waals surface area (Å²) in [6.07, 6.45) is 0. The molecule has 2 rings (SSSR count). The molecule has 112 valence electrons. The summed E-state index contributed by atoms with van der Waals surface area (Å²) in [5, 5.41) is 8.32. The average molecular weight is 369 g/mol. The van der Waals surface area contributed by atoms with E-state index in [2.05, 4.69) is 39.4 Å². The van der Waals surface area contributed by atoms with Gasteiger partial charge in [-0.15, -0.1) is 0 Å². The monoisotopic (exact) mass is 368 g/mol. The fourth-order valence-corrected chi connectivity index (χ4v) is 3.23. The SMILES string of the molecule is Cc1ccc(CNc2ccc(CS(N)(=O)=O)cc2)c(Br)c1. The van der Waals surface area contributed by atoms with Crippen molar-refractivity contribution < 1.29 is 8.42 Å². The van der Waals surface area contributed by atoms with Gasteiger partial charge in [0.25, 0.3) is 0 Å². The van der Waals surface area contributed by atoms with E-state index in [1.807, 2.05) is 19.1 Å². The average Bonchev–Trinajstić information content (AvgIpc) is 2.38. The maximum absolute atomic E-state index is 11.0. The highest BCUT2D eigenvalue weighted by Gasteiger charge is 2.05. The normalized spacial score (nSPS) is 11.4. The van der Waals surface area contributed by atoms with Crippen molar-refractivity contribution in [3.63, 3.8) is 0 Å². The van der Waals surface area contributed by atoms with Gasteiger partial charge in [-0.2, -0.15) is 0 Å². The third-order valence-corrected chi connectivity index (χ3v) is 4.49. The molecular weight excluding hydrogens is 352 g/mol. The molecule has 0 aromatic heterocycles.